The van der Waals surface area contributed by atoms with Crippen LogP contribution in [0.5, 0.6) is 0 Å². The standard InChI is InChI=1S/C19H25F2NO5.C2H6/c1-18(2,3)15(22-17(25)27-19(4,5)6)16(24)26-10-14(23)12-9-11(20)7-8-13(12)21;1-2/h7-9,15H,10H2,1-6H3,(H,22,25);1-2H3/t15-;/m0./s1. The average molecular weight is 415 g/mol. The van der Waals surface area contributed by atoms with Crippen molar-refractivity contribution >= 4 is 17.8 Å². The van der Waals surface area contributed by atoms with E-state index in [9.17, 15) is 23.2 Å². The van der Waals surface area contributed by atoms with Crippen molar-refractivity contribution in [3.05, 3.63) is 35.4 Å². The second-order valence-electron chi connectivity index (χ2n) is 8.10. The number of Topliss-reactive ketones (excluding diaryl/α,β-unsaturated/α-hetero) is 1. The van der Waals surface area contributed by atoms with Crippen LogP contribution in [-0.4, -0.2) is 36.1 Å². The number of benzene rings is 1. The lowest BCUT2D eigenvalue weighted by Crippen LogP contribution is -2.51. The molecule has 0 heterocycles. The first-order valence-electron chi connectivity index (χ1n) is 9.35. The Morgan fingerprint density at radius 2 is 1.59 bits per heavy atom. The summed E-state index contributed by atoms with van der Waals surface area (Å²) in [5.74, 6) is -3.49. The monoisotopic (exact) mass is 415 g/mol. The van der Waals surface area contributed by atoms with Crippen LogP contribution >= 0.6 is 0 Å². The van der Waals surface area contributed by atoms with Crippen molar-refractivity contribution < 1.29 is 32.6 Å². The SMILES string of the molecule is CC.CC(C)(C)OC(=O)N[C@@H](C(=O)OCC(=O)c1cc(F)ccc1F)C(C)(C)C. The van der Waals surface area contributed by atoms with Crippen LogP contribution in [0.15, 0.2) is 18.2 Å². The molecule has 0 unspecified atom stereocenters. The van der Waals surface area contributed by atoms with E-state index in [-0.39, 0.29) is 0 Å². The van der Waals surface area contributed by atoms with Crippen LogP contribution < -0.4 is 5.32 Å². The van der Waals surface area contributed by atoms with Gasteiger partial charge in [-0.2, -0.15) is 0 Å². The van der Waals surface area contributed by atoms with Crippen LogP contribution in [0.3, 0.4) is 0 Å². The van der Waals surface area contributed by atoms with Gasteiger partial charge in [0.15, 0.2) is 6.61 Å². The number of esters is 1. The van der Waals surface area contributed by atoms with Gasteiger partial charge in [-0.25, -0.2) is 18.4 Å². The number of rotatable bonds is 5. The number of carbonyl (C=O) groups is 3. The maximum atomic E-state index is 13.6. The maximum Gasteiger partial charge on any atom is 0.408 e. The molecule has 0 saturated heterocycles. The molecule has 164 valence electrons. The Labute approximate surface area is 171 Å². The fourth-order valence-corrected chi connectivity index (χ4v) is 2.06. The van der Waals surface area contributed by atoms with E-state index in [4.69, 9.17) is 9.47 Å². The largest absolute Gasteiger partial charge is 0.456 e. The summed E-state index contributed by atoms with van der Waals surface area (Å²) < 4.78 is 36.8. The molecular weight excluding hydrogens is 384 g/mol. The average Bonchev–Trinajstić information content (AvgIpc) is 2.58. The highest BCUT2D eigenvalue weighted by atomic mass is 19.1. The Balaban J connectivity index is 0.00000379. The Morgan fingerprint density at radius 3 is 2.07 bits per heavy atom. The topological polar surface area (TPSA) is 81.7 Å². The number of ether oxygens (including phenoxy) is 2. The summed E-state index contributed by atoms with van der Waals surface area (Å²) in [5.41, 5.74) is -2.03. The van der Waals surface area contributed by atoms with E-state index in [1.54, 1.807) is 41.5 Å². The first kappa shape index (κ1) is 26.5. The summed E-state index contributed by atoms with van der Waals surface area (Å²) in [4.78, 5) is 36.3. The number of hydrogen-bond acceptors (Lipinski definition) is 5. The van der Waals surface area contributed by atoms with Crippen molar-refractivity contribution in [2.24, 2.45) is 5.41 Å². The normalized spacial score (nSPS) is 12.2. The number of nitrogens with one attached hydrogen (secondary N) is 1. The molecule has 1 aromatic rings. The first-order valence-corrected chi connectivity index (χ1v) is 9.35. The molecule has 0 bridgehead atoms. The van der Waals surface area contributed by atoms with Crippen molar-refractivity contribution in [2.75, 3.05) is 6.61 Å². The number of hydrogen-bond donors (Lipinski definition) is 1. The molecule has 8 heteroatoms. The number of halogens is 2. The van der Waals surface area contributed by atoms with Gasteiger partial charge in [0.05, 0.1) is 5.56 Å². The summed E-state index contributed by atoms with van der Waals surface area (Å²) >= 11 is 0. The van der Waals surface area contributed by atoms with Crippen LogP contribution in [0, 0.1) is 17.0 Å². The lowest BCUT2D eigenvalue weighted by atomic mass is 9.87. The molecule has 0 radical (unpaired) electrons. The zero-order chi connectivity index (χ0) is 23.0. The summed E-state index contributed by atoms with van der Waals surface area (Å²) in [6.45, 7) is 13.3. The van der Waals surface area contributed by atoms with Crippen LogP contribution in [-0.2, 0) is 14.3 Å². The predicted octanol–water partition coefficient (Wildman–Crippen LogP) is 4.66. The molecule has 0 spiro atoms. The van der Waals surface area contributed by atoms with E-state index in [1.165, 1.54) is 0 Å². The molecule has 29 heavy (non-hydrogen) atoms. The third-order valence-electron chi connectivity index (χ3n) is 3.34. The minimum absolute atomic E-state index is 0.518. The highest BCUT2D eigenvalue weighted by Gasteiger charge is 2.35. The lowest BCUT2D eigenvalue weighted by Gasteiger charge is -2.30. The highest BCUT2D eigenvalue weighted by molar-refractivity contribution is 5.98. The third-order valence-corrected chi connectivity index (χ3v) is 3.34. The van der Waals surface area contributed by atoms with Crippen molar-refractivity contribution in [1.29, 1.82) is 0 Å². The fourth-order valence-electron chi connectivity index (χ4n) is 2.06. The van der Waals surface area contributed by atoms with Gasteiger partial charge in [0.25, 0.3) is 0 Å². The molecule has 1 rings (SSSR count). The number of carbonyl (C=O) groups excluding carboxylic acids is 3. The van der Waals surface area contributed by atoms with Crippen molar-refractivity contribution in [1.82, 2.24) is 5.32 Å². The van der Waals surface area contributed by atoms with Crippen molar-refractivity contribution in [2.45, 2.75) is 67.0 Å². The van der Waals surface area contributed by atoms with Gasteiger partial charge in [0, 0.05) is 0 Å². The maximum absolute atomic E-state index is 13.6. The van der Waals surface area contributed by atoms with Gasteiger partial charge in [0.2, 0.25) is 5.78 Å². The van der Waals surface area contributed by atoms with Crippen LogP contribution in [0.4, 0.5) is 13.6 Å². The van der Waals surface area contributed by atoms with Crippen LogP contribution in [0.1, 0.15) is 65.7 Å². The molecule has 0 aromatic heterocycles. The molecule has 1 N–H and O–H groups in total. The molecule has 0 aliphatic carbocycles. The molecular formula is C21H31F2NO5. The van der Waals surface area contributed by atoms with Crippen LogP contribution in [0.25, 0.3) is 0 Å². The summed E-state index contributed by atoms with van der Waals surface area (Å²) in [7, 11) is 0. The minimum Gasteiger partial charge on any atom is -0.456 e. The van der Waals surface area contributed by atoms with Crippen molar-refractivity contribution in [3.8, 4) is 0 Å². The molecule has 0 aliphatic rings. The zero-order valence-electron chi connectivity index (χ0n) is 18.3. The second kappa shape index (κ2) is 10.9. The predicted molar refractivity (Wildman–Crippen MR) is 106 cm³/mol. The Kier molecular flexibility index (Phi) is 9.94. The molecule has 6 nitrogen and oxygen atoms in total. The summed E-state index contributed by atoms with van der Waals surface area (Å²) in [6, 6.07) is 1.30. The number of amides is 1. The second-order valence-corrected chi connectivity index (χ2v) is 8.10. The lowest BCUT2D eigenvalue weighted by molar-refractivity contribution is -0.147. The van der Waals surface area contributed by atoms with Crippen LogP contribution in [0.2, 0.25) is 0 Å². The fraction of sp³-hybridized carbons (Fsp3) is 0.571. The third kappa shape index (κ3) is 9.49. The van der Waals surface area contributed by atoms with E-state index in [1.807, 2.05) is 13.8 Å². The summed E-state index contributed by atoms with van der Waals surface area (Å²) in [6.07, 6.45) is -0.818. The van der Waals surface area contributed by atoms with Gasteiger partial charge in [0.1, 0.15) is 23.3 Å². The Bertz CT molecular complexity index is 721. The van der Waals surface area contributed by atoms with Gasteiger partial charge < -0.3 is 14.8 Å². The quantitative estimate of drug-likeness (QED) is 0.559. The molecule has 0 fully saturated rings. The molecule has 1 atom stereocenters. The van der Waals surface area contributed by atoms with E-state index in [0.29, 0.717) is 0 Å². The molecule has 1 aromatic carbocycles. The Hall–Kier alpha value is -2.51. The molecule has 1 amide bonds. The first-order chi connectivity index (χ1) is 13.2. The van der Waals surface area contributed by atoms with Gasteiger partial charge in [-0.15, -0.1) is 0 Å². The van der Waals surface area contributed by atoms with Gasteiger partial charge in [-0.05, 0) is 44.4 Å². The van der Waals surface area contributed by atoms with E-state index in [0.717, 1.165) is 18.2 Å². The smallest absolute Gasteiger partial charge is 0.408 e. The van der Waals surface area contributed by atoms with Gasteiger partial charge in [-0.3, -0.25) is 4.79 Å². The van der Waals surface area contributed by atoms with E-state index < -0.39 is 58.7 Å². The molecule has 0 saturated carbocycles. The van der Waals surface area contributed by atoms with Gasteiger partial charge >= 0.3 is 12.1 Å². The van der Waals surface area contributed by atoms with E-state index >= 15 is 0 Å². The Morgan fingerprint density at radius 1 is 1.03 bits per heavy atom. The van der Waals surface area contributed by atoms with Gasteiger partial charge in [-0.1, -0.05) is 34.6 Å². The minimum atomic E-state index is -1.11. The number of ketones is 1. The summed E-state index contributed by atoms with van der Waals surface area (Å²) in [5, 5.41) is 2.42. The van der Waals surface area contributed by atoms with Crippen molar-refractivity contribution in [3.63, 3.8) is 0 Å². The van der Waals surface area contributed by atoms with E-state index in [2.05, 4.69) is 5.32 Å². The zero-order valence-corrected chi connectivity index (χ0v) is 18.3. The highest BCUT2D eigenvalue weighted by Crippen LogP contribution is 2.21. The molecule has 0 aliphatic heterocycles. The number of alkyl carbamates (subject to hydrolysis) is 1.